The number of aryl methyl sites for hydroxylation is 1. The minimum absolute atomic E-state index is 0.154. The van der Waals surface area contributed by atoms with Crippen LogP contribution in [-0.4, -0.2) is 17.0 Å². The lowest BCUT2D eigenvalue weighted by atomic mass is 10.1. The summed E-state index contributed by atoms with van der Waals surface area (Å²) in [5.74, 6) is -0.495. The van der Waals surface area contributed by atoms with Gasteiger partial charge in [0.2, 0.25) is 0 Å². The van der Waals surface area contributed by atoms with Crippen molar-refractivity contribution >= 4 is 28.2 Å². The van der Waals surface area contributed by atoms with Crippen molar-refractivity contribution in [1.82, 2.24) is 5.16 Å². The number of primary amides is 1. The second-order valence-electron chi connectivity index (χ2n) is 5.26. The van der Waals surface area contributed by atoms with E-state index in [1.807, 2.05) is 30.3 Å². The topological polar surface area (TPSA) is 98.2 Å². The van der Waals surface area contributed by atoms with Crippen molar-refractivity contribution in [3.8, 4) is 0 Å². The normalized spacial score (nSPS) is 10.5. The maximum Gasteiger partial charge on any atom is 0.278 e. The number of hydrogen-bond donors (Lipinski definition) is 2. The van der Waals surface area contributed by atoms with E-state index in [-0.39, 0.29) is 5.69 Å². The molecule has 24 heavy (non-hydrogen) atoms. The van der Waals surface area contributed by atoms with E-state index >= 15 is 0 Å². The average molecular weight is 341 g/mol. The average Bonchev–Trinajstić information content (AvgIpc) is 3.15. The third kappa shape index (κ3) is 3.52. The highest BCUT2D eigenvalue weighted by Gasteiger charge is 2.18. The van der Waals surface area contributed by atoms with Crippen molar-refractivity contribution in [2.24, 2.45) is 5.73 Å². The monoisotopic (exact) mass is 341 g/mol. The lowest BCUT2D eigenvalue weighted by molar-refractivity contribution is 0.100. The molecular formula is C17H15N3O3S. The Morgan fingerprint density at radius 3 is 2.62 bits per heavy atom. The first kappa shape index (κ1) is 15.9. The Morgan fingerprint density at radius 2 is 2.00 bits per heavy atom. The molecule has 0 bridgehead atoms. The molecule has 0 atom stereocenters. The van der Waals surface area contributed by atoms with Gasteiger partial charge < -0.3 is 15.6 Å². The van der Waals surface area contributed by atoms with Crippen LogP contribution in [0.15, 0.2) is 47.0 Å². The number of carbonyl (C=O) groups excluding carboxylic acids is 2. The van der Waals surface area contributed by atoms with E-state index in [0.717, 1.165) is 10.4 Å². The minimum Gasteiger partial charge on any atom is -0.366 e. The molecule has 7 heteroatoms. The van der Waals surface area contributed by atoms with Crippen LogP contribution in [0.3, 0.4) is 0 Å². The SMILES string of the molecule is Cc1cc(C(=O)Nc2sc(Cc3ccccc3)cc2C(N)=O)no1. The summed E-state index contributed by atoms with van der Waals surface area (Å²) in [5.41, 5.74) is 6.98. The van der Waals surface area contributed by atoms with Gasteiger partial charge in [-0.1, -0.05) is 35.5 Å². The second-order valence-corrected chi connectivity index (χ2v) is 6.40. The number of nitrogens with zero attached hydrogens (tertiary/aromatic N) is 1. The summed E-state index contributed by atoms with van der Waals surface area (Å²) in [7, 11) is 0. The molecule has 0 aliphatic carbocycles. The smallest absolute Gasteiger partial charge is 0.278 e. The third-order valence-corrected chi connectivity index (χ3v) is 4.41. The molecule has 3 rings (SSSR count). The summed E-state index contributed by atoms with van der Waals surface area (Å²) in [5, 5.41) is 6.76. The van der Waals surface area contributed by atoms with Gasteiger partial charge in [-0.3, -0.25) is 9.59 Å². The third-order valence-electron chi connectivity index (χ3n) is 3.36. The molecule has 0 saturated carbocycles. The van der Waals surface area contributed by atoms with Crippen LogP contribution in [0.1, 0.15) is 37.0 Å². The lowest BCUT2D eigenvalue weighted by Crippen LogP contribution is -2.16. The van der Waals surface area contributed by atoms with Crippen LogP contribution >= 0.6 is 11.3 Å². The van der Waals surface area contributed by atoms with Crippen molar-refractivity contribution in [2.75, 3.05) is 5.32 Å². The van der Waals surface area contributed by atoms with E-state index in [1.165, 1.54) is 17.4 Å². The maximum atomic E-state index is 12.2. The molecule has 3 aromatic rings. The largest absolute Gasteiger partial charge is 0.366 e. The van der Waals surface area contributed by atoms with E-state index < -0.39 is 11.8 Å². The molecule has 122 valence electrons. The van der Waals surface area contributed by atoms with E-state index in [1.54, 1.807) is 13.0 Å². The van der Waals surface area contributed by atoms with Crippen molar-refractivity contribution < 1.29 is 14.1 Å². The van der Waals surface area contributed by atoms with Gasteiger partial charge in [0.25, 0.3) is 11.8 Å². The van der Waals surface area contributed by atoms with Crippen molar-refractivity contribution in [1.29, 1.82) is 0 Å². The quantitative estimate of drug-likeness (QED) is 0.745. The fourth-order valence-corrected chi connectivity index (χ4v) is 3.33. The van der Waals surface area contributed by atoms with Crippen LogP contribution in [0, 0.1) is 6.92 Å². The van der Waals surface area contributed by atoms with E-state index in [9.17, 15) is 9.59 Å². The van der Waals surface area contributed by atoms with Crippen LogP contribution in [0.2, 0.25) is 0 Å². The Morgan fingerprint density at radius 1 is 1.25 bits per heavy atom. The Bertz CT molecular complexity index is 884. The summed E-state index contributed by atoms with van der Waals surface area (Å²) in [6.07, 6.45) is 0.657. The Labute approximate surface area is 142 Å². The van der Waals surface area contributed by atoms with Crippen molar-refractivity contribution in [3.63, 3.8) is 0 Å². The van der Waals surface area contributed by atoms with Crippen LogP contribution in [-0.2, 0) is 6.42 Å². The fraction of sp³-hybridized carbons (Fsp3) is 0.118. The highest BCUT2D eigenvalue weighted by molar-refractivity contribution is 7.16. The molecule has 0 saturated heterocycles. The Kier molecular flexibility index (Phi) is 4.43. The van der Waals surface area contributed by atoms with Crippen LogP contribution in [0.25, 0.3) is 0 Å². The maximum absolute atomic E-state index is 12.2. The number of nitrogens with two attached hydrogens (primary N) is 1. The van der Waals surface area contributed by atoms with Gasteiger partial charge in [0.05, 0.1) is 5.56 Å². The molecule has 0 unspecified atom stereocenters. The first-order chi connectivity index (χ1) is 11.5. The van der Waals surface area contributed by atoms with Gasteiger partial charge in [-0.2, -0.15) is 0 Å². The molecular weight excluding hydrogens is 326 g/mol. The molecule has 0 aliphatic heterocycles. The second kappa shape index (κ2) is 6.67. The molecule has 0 aliphatic rings. The van der Waals surface area contributed by atoms with Gasteiger partial charge in [0.15, 0.2) is 5.69 Å². The van der Waals surface area contributed by atoms with Crippen LogP contribution < -0.4 is 11.1 Å². The molecule has 2 amide bonds. The zero-order valence-electron chi connectivity index (χ0n) is 12.9. The number of nitrogens with one attached hydrogen (secondary N) is 1. The molecule has 0 radical (unpaired) electrons. The number of benzene rings is 1. The number of amides is 2. The summed E-state index contributed by atoms with van der Waals surface area (Å²) >= 11 is 1.32. The highest BCUT2D eigenvalue weighted by atomic mass is 32.1. The standard InChI is InChI=1S/C17H15N3O3S/c1-10-7-14(20-23-10)16(22)19-17-13(15(18)21)9-12(24-17)8-11-5-3-2-4-6-11/h2-7,9H,8H2,1H3,(H2,18,21)(H,19,22). The number of thiophene rings is 1. The predicted octanol–water partition coefficient (Wildman–Crippen LogP) is 2.99. The summed E-state index contributed by atoms with van der Waals surface area (Å²) in [6.45, 7) is 1.70. The molecule has 2 aromatic heterocycles. The fourth-order valence-electron chi connectivity index (χ4n) is 2.24. The number of hydrogen-bond acceptors (Lipinski definition) is 5. The molecule has 6 nitrogen and oxygen atoms in total. The van der Waals surface area contributed by atoms with Crippen molar-refractivity contribution in [2.45, 2.75) is 13.3 Å². The zero-order valence-corrected chi connectivity index (χ0v) is 13.7. The Balaban J connectivity index is 1.84. The molecule has 3 N–H and O–H groups in total. The van der Waals surface area contributed by atoms with E-state index in [0.29, 0.717) is 22.7 Å². The lowest BCUT2D eigenvalue weighted by Gasteiger charge is -2.01. The van der Waals surface area contributed by atoms with Gasteiger partial charge in [0, 0.05) is 17.4 Å². The molecule has 0 fully saturated rings. The molecule has 0 spiro atoms. The first-order valence-electron chi connectivity index (χ1n) is 7.24. The van der Waals surface area contributed by atoms with Crippen molar-refractivity contribution in [3.05, 3.63) is 69.9 Å². The first-order valence-corrected chi connectivity index (χ1v) is 8.05. The van der Waals surface area contributed by atoms with Gasteiger partial charge in [-0.15, -0.1) is 11.3 Å². The summed E-state index contributed by atoms with van der Waals surface area (Å²) < 4.78 is 4.89. The van der Waals surface area contributed by atoms with Gasteiger partial charge in [-0.25, -0.2) is 0 Å². The van der Waals surface area contributed by atoms with Gasteiger partial charge in [-0.05, 0) is 18.6 Å². The number of anilines is 1. The van der Waals surface area contributed by atoms with Crippen LogP contribution in [0.4, 0.5) is 5.00 Å². The minimum atomic E-state index is -0.586. The van der Waals surface area contributed by atoms with Crippen LogP contribution in [0.5, 0.6) is 0 Å². The summed E-state index contributed by atoms with van der Waals surface area (Å²) in [4.78, 5) is 24.8. The molecule has 1 aromatic carbocycles. The summed E-state index contributed by atoms with van der Waals surface area (Å²) in [6, 6.07) is 13.1. The van der Waals surface area contributed by atoms with Gasteiger partial charge in [0.1, 0.15) is 10.8 Å². The number of carbonyl (C=O) groups is 2. The zero-order chi connectivity index (χ0) is 17.1. The van der Waals surface area contributed by atoms with Gasteiger partial charge >= 0.3 is 0 Å². The molecule has 2 heterocycles. The highest BCUT2D eigenvalue weighted by Crippen LogP contribution is 2.30. The number of aromatic nitrogens is 1. The van der Waals surface area contributed by atoms with E-state index in [2.05, 4.69) is 10.5 Å². The van der Waals surface area contributed by atoms with E-state index in [4.69, 9.17) is 10.3 Å². The Hall–Kier alpha value is -2.93. The number of rotatable bonds is 5. The predicted molar refractivity (Wildman–Crippen MR) is 91.3 cm³/mol.